The molecule has 18 heavy (non-hydrogen) atoms. The van der Waals surface area contributed by atoms with E-state index in [1.54, 1.807) is 11.3 Å². The number of nitrogens with zero attached hydrogens (tertiary/aromatic N) is 2. The summed E-state index contributed by atoms with van der Waals surface area (Å²) < 4.78 is 1.92. The van der Waals surface area contributed by atoms with E-state index >= 15 is 0 Å². The molecule has 2 aromatic heterocycles. The average Bonchev–Trinajstić information content (AvgIpc) is 2.87. The van der Waals surface area contributed by atoms with E-state index in [1.165, 1.54) is 0 Å². The monoisotopic (exact) mass is 267 g/mol. The zero-order chi connectivity index (χ0) is 13.0. The fourth-order valence-electron chi connectivity index (χ4n) is 1.70. The Morgan fingerprint density at radius 2 is 2.50 bits per heavy atom. The highest BCUT2D eigenvalue weighted by molar-refractivity contribution is 7.15. The normalized spacial score (nSPS) is 12.8. The van der Waals surface area contributed by atoms with Crippen LogP contribution < -0.4 is 5.32 Å². The minimum atomic E-state index is -0.0226. The van der Waals surface area contributed by atoms with Gasteiger partial charge in [-0.2, -0.15) is 0 Å². The molecule has 0 aliphatic rings. The number of amides is 1. The van der Waals surface area contributed by atoms with Crippen LogP contribution in [0.25, 0.3) is 4.96 Å². The number of aromatic nitrogens is 2. The van der Waals surface area contributed by atoms with E-state index < -0.39 is 0 Å². The molecule has 6 heteroatoms. The van der Waals surface area contributed by atoms with Crippen molar-refractivity contribution in [3.05, 3.63) is 23.5 Å². The summed E-state index contributed by atoms with van der Waals surface area (Å²) in [4.78, 5) is 17.0. The lowest BCUT2D eigenvalue weighted by Crippen LogP contribution is -2.30. The van der Waals surface area contributed by atoms with Crippen LogP contribution in [-0.2, 0) is 11.2 Å². The van der Waals surface area contributed by atoms with Crippen molar-refractivity contribution in [2.45, 2.75) is 19.8 Å². The molecule has 2 rings (SSSR count). The minimum Gasteiger partial charge on any atom is -0.396 e. The third kappa shape index (κ3) is 3.30. The fourth-order valence-corrected chi connectivity index (χ4v) is 2.42. The maximum Gasteiger partial charge on any atom is 0.226 e. The highest BCUT2D eigenvalue weighted by Gasteiger charge is 2.09. The first-order valence-electron chi connectivity index (χ1n) is 5.97. The number of aliphatic hydroxyl groups is 1. The van der Waals surface area contributed by atoms with E-state index in [0.29, 0.717) is 25.3 Å². The number of carbonyl (C=O) groups is 1. The second kappa shape index (κ2) is 5.97. The predicted molar refractivity (Wildman–Crippen MR) is 70.6 cm³/mol. The lowest BCUT2D eigenvalue weighted by atomic mass is 10.1. The van der Waals surface area contributed by atoms with Crippen molar-refractivity contribution >= 4 is 22.2 Å². The van der Waals surface area contributed by atoms with Gasteiger partial charge in [0.15, 0.2) is 4.96 Å². The van der Waals surface area contributed by atoms with Gasteiger partial charge in [0.05, 0.1) is 12.1 Å². The lowest BCUT2D eigenvalue weighted by molar-refractivity contribution is -0.120. The SMILES string of the molecule is CC(CCO)CNC(=O)Cc1cn2ccsc2n1. The van der Waals surface area contributed by atoms with Gasteiger partial charge in [-0.3, -0.25) is 9.20 Å². The van der Waals surface area contributed by atoms with Crippen molar-refractivity contribution in [2.24, 2.45) is 5.92 Å². The number of imidazole rings is 1. The molecule has 5 nitrogen and oxygen atoms in total. The van der Waals surface area contributed by atoms with Crippen molar-refractivity contribution in [3.63, 3.8) is 0 Å². The second-order valence-electron chi connectivity index (χ2n) is 4.42. The molecule has 2 N–H and O–H groups in total. The molecule has 0 bridgehead atoms. The summed E-state index contributed by atoms with van der Waals surface area (Å²) in [6, 6.07) is 0. The topological polar surface area (TPSA) is 66.6 Å². The Balaban J connectivity index is 1.82. The molecule has 2 aromatic rings. The van der Waals surface area contributed by atoms with Crippen LogP contribution in [0.3, 0.4) is 0 Å². The second-order valence-corrected chi connectivity index (χ2v) is 5.30. The van der Waals surface area contributed by atoms with Gasteiger partial charge < -0.3 is 10.4 Å². The quantitative estimate of drug-likeness (QED) is 0.823. The Morgan fingerprint density at radius 1 is 1.67 bits per heavy atom. The molecule has 0 aromatic carbocycles. The molecule has 1 atom stereocenters. The number of hydrogen-bond donors (Lipinski definition) is 2. The van der Waals surface area contributed by atoms with E-state index in [0.717, 1.165) is 10.7 Å². The minimum absolute atomic E-state index is 0.0226. The van der Waals surface area contributed by atoms with Crippen molar-refractivity contribution in [1.82, 2.24) is 14.7 Å². The van der Waals surface area contributed by atoms with Crippen LogP contribution in [0.2, 0.25) is 0 Å². The molecule has 98 valence electrons. The molecule has 0 radical (unpaired) electrons. The van der Waals surface area contributed by atoms with Crippen LogP contribution in [0.4, 0.5) is 0 Å². The van der Waals surface area contributed by atoms with Gasteiger partial charge in [0.25, 0.3) is 0 Å². The van der Waals surface area contributed by atoms with Crippen molar-refractivity contribution in [3.8, 4) is 0 Å². The Labute approximate surface area is 109 Å². The summed E-state index contributed by atoms with van der Waals surface area (Å²) in [6.07, 6.45) is 4.82. The zero-order valence-electron chi connectivity index (χ0n) is 10.3. The van der Waals surface area contributed by atoms with Crippen molar-refractivity contribution < 1.29 is 9.90 Å². The Hall–Kier alpha value is -1.40. The number of nitrogens with one attached hydrogen (secondary N) is 1. The van der Waals surface area contributed by atoms with Crippen LogP contribution in [0, 0.1) is 5.92 Å². The highest BCUT2D eigenvalue weighted by Crippen LogP contribution is 2.11. The molecule has 1 unspecified atom stereocenters. The highest BCUT2D eigenvalue weighted by atomic mass is 32.1. The summed E-state index contributed by atoms with van der Waals surface area (Å²) in [5.74, 6) is 0.273. The fraction of sp³-hybridized carbons (Fsp3) is 0.500. The Kier molecular flexibility index (Phi) is 4.33. The molecule has 0 saturated carbocycles. The van der Waals surface area contributed by atoms with Crippen LogP contribution in [0.5, 0.6) is 0 Å². The standard InChI is InChI=1S/C12H17N3O2S/c1-9(2-4-16)7-13-11(17)6-10-8-15-3-5-18-12(15)14-10/h3,5,8-9,16H,2,4,6-7H2,1H3,(H,13,17). The number of hydrogen-bond acceptors (Lipinski definition) is 4. The summed E-state index contributed by atoms with van der Waals surface area (Å²) >= 11 is 1.55. The molecule has 0 spiro atoms. The third-order valence-electron chi connectivity index (χ3n) is 2.75. The molecule has 0 aliphatic heterocycles. The Bertz CT molecular complexity index is 492. The van der Waals surface area contributed by atoms with Crippen LogP contribution >= 0.6 is 11.3 Å². The summed E-state index contributed by atoms with van der Waals surface area (Å²) in [5.41, 5.74) is 0.786. The van der Waals surface area contributed by atoms with Gasteiger partial charge in [0, 0.05) is 30.9 Å². The first-order chi connectivity index (χ1) is 8.69. The first-order valence-corrected chi connectivity index (χ1v) is 6.85. The molecular formula is C12H17N3O2S. The summed E-state index contributed by atoms with van der Waals surface area (Å²) in [6.45, 7) is 2.76. The summed E-state index contributed by atoms with van der Waals surface area (Å²) in [7, 11) is 0. The number of fused-ring (bicyclic) bond motifs is 1. The van der Waals surface area contributed by atoms with E-state index in [2.05, 4.69) is 10.3 Å². The first kappa shape index (κ1) is 13.0. The van der Waals surface area contributed by atoms with E-state index in [9.17, 15) is 4.79 Å². The predicted octanol–water partition coefficient (Wildman–Crippen LogP) is 1.07. The molecule has 0 aliphatic carbocycles. The summed E-state index contributed by atoms with van der Waals surface area (Å²) in [5, 5.41) is 13.6. The Morgan fingerprint density at radius 3 is 3.22 bits per heavy atom. The van der Waals surface area contributed by atoms with Gasteiger partial charge in [0.1, 0.15) is 0 Å². The largest absolute Gasteiger partial charge is 0.396 e. The molecule has 0 saturated heterocycles. The van der Waals surface area contributed by atoms with Gasteiger partial charge in [-0.05, 0) is 12.3 Å². The van der Waals surface area contributed by atoms with Crippen LogP contribution in [0.15, 0.2) is 17.8 Å². The molecule has 2 heterocycles. The number of carbonyl (C=O) groups excluding carboxylic acids is 1. The van der Waals surface area contributed by atoms with E-state index in [1.807, 2.05) is 29.1 Å². The van der Waals surface area contributed by atoms with Crippen molar-refractivity contribution in [2.75, 3.05) is 13.2 Å². The smallest absolute Gasteiger partial charge is 0.226 e. The average molecular weight is 267 g/mol. The molecular weight excluding hydrogens is 250 g/mol. The third-order valence-corrected chi connectivity index (χ3v) is 3.53. The number of aliphatic hydroxyl groups excluding tert-OH is 1. The number of thiazole rings is 1. The van der Waals surface area contributed by atoms with Gasteiger partial charge in [-0.25, -0.2) is 4.98 Å². The van der Waals surface area contributed by atoms with Gasteiger partial charge in [-0.1, -0.05) is 6.92 Å². The van der Waals surface area contributed by atoms with Crippen molar-refractivity contribution in [1.29, 1.82) is 0 Å². The van der Waals surface area contributed by atoms with Gasteiger partial charge in [0.2, 0.25) is 5.91 Å². The van der Waals surface area contributed by atoms with E-state index in [4.69, 9.17) is 5.11 Å². The number of rotatable bonds is 6. The maximum atomic E-state index is 11.7. The van der Waals surface area contributed by atoms with Crippen LogP contribution in [0.1, 0.15) is 19.0 Å². The van der Waals surface area contributed by atoms with Gasteiger partial charge in [-0.15, -0.1) is 11.3 Å². The zero-order valence-corrected chi connectivity index (χ0v) is 11.1. The molecule has 1 amide bonds. The van der Waals surface area contributed by atoms with E-state index in [-0.39, 0.29) is 12.5 Å². The molecule has 0 fully saturated rings. The van der Waals surface area contributed by atoms with Crippen LogP contribution in [-0.4, -0.2) is 33.6 Å². The lowest BCUT2D eigenvalue weighted by Gasteiger charge is -2.10. The van der Waals surface area contributed by atoms with Gasteiger partial charge >= 0.3 is 0 Å². The maximum absolute atomic E-state index is 11.7.